The van der Waals surface area contributed by atoms with Crippen LogP contribution in [0.1, 0.15) is 44.0 Å². The molecule has 96 valence electrons. The van der Waals surface area contributed by atoms with Crippen LogP contribution >= 0.6 is 0 Å². The van der Waals surface area contributed by atoms with Gasteiger partial charge in [0.2, 0.25) is 0 Å². The Bertz CT molecular complexity index is 446. The van der Waals surface area contributed by atoms with Gasteiger partial charge >= 0.3 is 5.97 Å². The molecule has 0 aromatic heterocycles. The molecule has 1 saturated heterocycles. The maximum Gasteiger partial charge on any atom is 0.328 e. The van der Waals surface area contributed by atoms with E-state index in [0.717, 1.165) is 24.0 Å². The van der Waals surface area contributed by atoms with Gasteiger partial charge in [0.25, 0.3) is 0 Å². The van der Waals surface area contributed by atoms with Gasteiger partial charge in [0.05, 0.1) is 0 Å². The summed E-state index contributed by atoms with van der Waals surface area (Å²) in [7, 11) is 0. The summed E-state index contributed by atoms with van der Waals surface area (Å²) in [6, 6.07) is 7.86. The number of cyclic esters (lactones) is 1. The van der Waals surface area contributed by atoms with E-state index in [2.05, 4.69) is 11.9 Å². The Labute approximate surface area is 108 Å². The molecule has 0 saturated carbocycles. The molecule has 1 aromatic rings. The third kappa shape index (κ3) is 2.06. The molecule has 1 fully saturated rings. The van der Waals surface area contributed by atoms with Crippen molar-refractivity contribution in [3.05, 3.63) is 42.0 Å². The molecule has 0 aliphatic carbocycles. The second-order valence-electron chi connectivity index (χ2n) is 4.59. The fourth-order valence-corrected chi connectivity index (χ4v) is 2.26. The fraction of sp³-hybridized carbons (Fsp3) is 0.400. The number of ether oxygens (including phenoxy) is 1. The summed E-state index contributed by atoms with van der Waals surface area (Å²) < 4.78 is 5.44. The standard InChI is InChI=1S/C15H19NO2/c1-4-11-7-9-12(10-8-11)13-16-15(5-2,6-3)14(17)18-13/h4,7-10,13,16H,1,5-6H2,2-3H3. The Morgan fingerprint density at radius 1 is 1.33 bits per heavy atom. The van der Waals surface area contributed by atoms with E-state index in [1.165, 1.54) is 0 Å². The summed E-state index contributed by atoms with van der Waals surface area (Å²) in [6.07, 6.45) is 2.93. The van der Waals surface area contributed by atoms with Crippen LogP contribution in [0, 0.1) is 0 Å². The SMILES string of the molecule is C=Cc1ccc(C2NC(CC)(CC)C(=O)O2)cc1. The third-order valence-corrected chi connectivity index (χ3v) is 3.71. The van der Waals surface area contributed by atoms with E-state index in [1.54, 1.807) is 6.08 Å². The molecule has 3 nitrogen and oxygen atoms in total. The topological polar surface area (TPSA) is 38.3 Å². The van der Waals surface area contributed by atoms with Crippen LogP contribution in [0.3, 0.4) is 0 Å². The first-order valence-electron chi connectivity index (χ1n) is 6.36. The maximum atomic E-state index is 12.0. The van der Waals surface area contributed by atoms with Crippen LogP contribution in [0.2, 0.25) is 0 Å². The zero-order valence-corrected chi connectivity index (χ0v) is 10.9. The molecule has 3 heteroatoms. The average Bonchev–Trinajstić information content (AvgIpc) is 2.76. The third-order valence-electron chi connectivity index (χ3n) is 3.71. The van der Waals surface area contributed by atoms with Crippen molar-refractivity contribution < 1.29 is 9.53 Å². The predicted octanol–water partition coefficient (Wildman–Crippen LogP) is 3.03. The van der Waals surface area contributed by atoms with Gasteiger partial charge in [-0.05, 0) is 18.4 Å². The van der Waals surface area contributed by atoms with Crippen LogP contribution in [-0.2, 0) is 9.53 Å². The molecule has 1 aromatic carbocycles. The van der Waals surface area contributed by atoms with E-state index >= 15 is 0 Å². The largest absolute Gasteiger partial charge is 0.441 e. The fourth-order valence-electron chi connectivity index (χ4n) is 2.26. The Morgan fingerprint density at radius 2 is 1.94 bits per heavy atom. The number of esters is 1. The van der Waals surface area contributed by atoms with E-state index in [1.807, 2.05) is 38.1 Å². The Morgan fingerprint density at radius 3 is 2.39 bits per heavy atom. The van der Waals surface area contributed by atoms with E-state index in [0.29, 0.717) is 0 Å². The molecule has 1 aliphatic rings. The van der Waals surface area contributed by atoms with Crippen molar-refractivity contribution in [3.8, 4) is 0 Å². The molecule has 1 unspecified atom stereocenters. The van der Waals surface area contributed by atoms with Crippen LogP contribution in [0.15, 0.2) is 30.8 Å². The molecule has 1 heterocycles. The van der Waals surface area contributed by atoms with Crippen molar-refractivity contribution >= 4 is 12.0 Å². The van der Waals surface area contributed by atoms with Gasteiger partial charge < -0.3 is 4.74 Å². The number of carbonyl (C=O) groups is 1. The van der Waals surface area contributed by atoms with Crippen molar-refractivity contribution in [2.24, 2.45) is 0 Å². The van der Waals surface area contributed by atoms with Crippen molar-refractivity contribution in [2.45, 2.75) is 38.5 Å². The van der Waals surface area contributed by atoms with Gasteiger partial charge in [-0.3, -0.25) is 5.32 Å². The summed E-state index contributed by atoms with van der Waals surface area (Å²) in [6.45, 7) is 7.72. The molecule has 1 aliphatic heterocycles. The van der Waals surface area contributed by atoms with Gasteiger partial charge in [-0.2, -0.15) is 0 Å². The highest BCUT2D eigenvalue weighted by molar-refractivity contribution is 5.83. The normalized spacial score (nSPS) is 21.7. The Hall–Kier alpha value is -1.61. The zero-order valence-electron chi connectivity index (χ0n) is 10.9. The van der Waals surface area contributed by atoms with E-state index < -0.39 is 5.54 Å². The number of carbonyl (C=O) groups excluding carboxylic acids is 1. The first-order valence-corrected chi connectivity index (χ1v) is 6.36. The Kier molecular flexibility index (Phi) is 3.53. The summed E-state index contributed by atoms with van der Waals surface area (Å²) in [5.41, 5.74) is 1.50. The van der Waals surface area contributed by atoms with Crippen LogP contribution in [0.5, 0.6) is 0 Å². The molecule has 18 heavy (non-hydrogen) atoms. The highest BCUT2D eigenvalue weighted by Gasteiger charge is 2.46. The van der Waals surface area contributed by atoms with Crippen molar-refractivity contribution in [2.75, 3.05) is 0 Å². The minimum atomic E-state index is -0.526. The summed E-state index contributed by atoms with van der Waals surface area (Å²) in [4.78, 5) is 12.0. The van der Waals surface area contributed by atoms with Crippen LogP contribution in [-0.4, -0.2) is 11.5 Å². The molecular formula is C15H19NO2. The number of hydrogen-bond acceptors (Lipinski definition) is 3. The number of rotatable bonds is 4. The lowest BCUT2D eigenvalue weighted by Crippen LogP contribution is -2.44. The monoisotopic (exact) mass is 245 g/mol. The molecule has 0 radical (unpaired) electrons. The van der Waals surface area contributed by atoms with Crippen LogP contribution < -0.4 is 5.32 Å². The van der Waals surface area contributed by atoms with Gasteiger partial charge in [-0.15, -0.1) is 0 Å². The summed E-state index contributed by atoms with van der Waals surface area (Å²) in [5.74, 6) is -0.148. The van der Waals surface area contributed by atoms with Gasteiger partial charge in [-0.25, -0.2) is 4.79 Å². The molecule has 0 amide bonds. The minimum absolute atomic E-state index is 0.148. The highest BCUT2D eigenvalue weighted by atomic mass is 16.6. The van der Waals surface area contributed by atoms with Crippen LogP contribution in [0.4, 0.5) is 0 Å². The second kappa shape index (κ2) is 4.94. The van der Waals surface area contributed by atoms with Gasteiger partial charge in [0, 0.05) is 5.56 Å². The smallest absolute Gasteiger partial charge is 0.328 e. The highest BCUT2D eigenvalue weighted by Crippen LogP contribution is 2.32. The summed E-state index contributed by atoms with van der Waals surface area (Å²) in [5, 5.41) is 3.31. The van der Waals surface area contributed by atoms with Gasteiger partial charge in [-0.1, -0.05) is 50.8 Å². The molecule has 2 rings (SSSR count). The summed E-state index contributed by atoms with van der Waals surface area (Å²) >= 11 is 0. The van der Waals surface area contributed by atoms with Gasteiger partial charge in [0.15, 0.2) is 6.23 Å². The molecule has 0 spiro atoms. The van der Waals surface area contributed by atoms with E-state index in [9.17, 15) is 4.79 Å². The first kappa shape index (κ1) is 12.8. The van der Waals surface area contributed by atoms with Crippen molar-refractivity contribution in [3.63, 3.8) is 0 Å². The lowest BCUT2D eigenvalue weighted by Gasteiger charge is -2.21. The maximum absolute atomic E-state index is 12.0. The molecule has 0 bridgehead atoms. The number of benzene rings is 1. The minimum Gasteiger partial charge on any atom is -0.441 e. The quantitative estimate of drug-likeness (QED) is 0.829. The lowest BCUT2D eigenvalue weighted by molar-refractivity contribution is -0.145. The van der Waals surface area contributed by atoms with E-state index in [-0.39, 0.29) is 12.2 Å². The average molecular weight is 245 g/mol. The van der Waals surface area contributed by atoms with Gasteiger partial charge in [0.1, 0.15) is 5.54 Å². The number of hydrogen-bond donors (Lipinski definition) is 1. The first-order chi connectivity index (χ1) is 8.65. The number of nitrogens with one attached hydrogen (secondary N) is 1. The molecular weight excluding hydrogens is 226 g/mol. The van der Waals surface area contributed by atoms with E-state index in [4.69, 9.17) is 4.74 Å². The Balaban J connectivity index is 2.21. The van der Waals surface area contributed by atoms with Crippen molar-refractivity contribution in [1.29, 1.82) is 0 Å². The lowest BCUT2D eigenvalue weighted by atomic mass is 9.94. The van der Waals surface area contributed by atoms with Crippen molar-refractivity contribution in [1.82, 2.24) is 5.32 Å². The second-order valence-corrected chi connectivity index (χ2v) is 4.59. The zero-order chi connectivity index (χ0) is 13.2. The molecule has 1 N–H and O–H groups in total. The van der Waals surface area contributed by atoms with Crippen LogP contribution in [0.25, 0.3) is 6.08 Å². The predicted molar refractivity (Wildman–Crippen MR) is 71.8 cm³/mol. The molecule has 1 atom stereocenters.